The van der Waals surface area contributed by atoms with Crippen LogP contribution in [-0.4, -0.2) is 42.7 Å². The van der Waals surface area contributed by atoms with Gasteiger partial charge in [0.25, 0.3) is 0 Å². The van der Waals surface area contributed by atoms with Gasteiger partial charge in [0.05, 0.1) is 18.9 Å². The van der Waals surface area contributed by atoms with E-state index in [2.05, 4.69) is 27.5 Å². The van der Waals surface area contributed by atoms with E-state index < -0.39 is 0 Å². The van der Waals surface area contributed by atoms with Gasteiger partial charge in [-0.2, -0.15) is 0 Å². The number of morpholine rings is 1. The molecule has 1 saturated heterocycles. The number of aromatic nitrogens is 1. The van der Waals surface area contributed by atoms with Crippen LogP contribution in [0.3, 0.4) is 0 Å². The molecule has 1 aliphatic heterocycles. The predicted octanol–water partition coefficient (Wildman–Crippen LogP) is 1.08. The van der Waals surface area contributed by atoms with Crippen LogP contribution < -0.4 is 5.32 Å². The smallest absolute Gasteiger partial charge is 0.107 e. The van der Waals surface area contributed by atoms with Gasteiger partial charge in [-0.25, -0.2) is 4.98 Å². The first-order chi connectivity index (χ1) is 7.88. The van der Waals surface area contributed by atoms with E-state index in [-0.39, 0.29) is 0 Å². The van der Waals surface area contributed by atoms with Crippen LogP contribution in [0.2, 0.25) is 0 Å². The van der Waals surface area contributed by atoms with Crippen LogP contribution in [0, 0.1) is 0 Å². The molecule has 0 radical (unpaired) electrons. The fourth-order valence-electron chi connectivity index (χ4n) is 1.72. The molecule has 1 aromatic heterocycles. The molecule has 1 fully saturated rings. The van der Waals surface area contributed by atoms with Gasteiger partial charge < -0.3 is 10.1 Å². The molecule has 0 aliphatic carbocycles. The number of nitrogens with one attached hydrogen (secondary N) is 1. The molecule has 16 heavy (non-hydrogen) atoms. The van der Waals surface area contributed by atoms with Crippen LogP contribution in [0.1, 0.15) is 17.6 Å². The molecule has 0 unspecified atom stereocenters. The third-order valence-electron chi connectivity index (χ3n) is 2.61. The lowest BCUT2D eigenvalue weighted by atomic mass is 10.3. The normalized spacial score (nSPS) is 17.8. The summed E-state index contributed by atoms with van der Waals surface area (Å²) in [5.41, 5.74) is 1.19. The molecule has 1 aliphatic rings. The highest BCUT2D eigenvalue weighted by molar-refractivity contribution is 7.09. The van der Waals surface area contributed by atoms with E-state index in [1.807, 2.05) is 0 Å². The van der Waals surface area contributed by atoms with Crippen molar-refractivity contribution in [2.75, 3.05) is 32.8 Å². The quantitative estimate of drug-likeness (QED) is 0.837. The van der Waals surface area contributed by atoms with Crippen molar-refractivity contribution in [2.24, 2.45) is 0 Å². The summed E-state index contributed by atoms with van der Waals surface area (Å²) in [5, 5.41) is 6.65. The van der Waals surface area contributed by atoms with E-state index in [0.29, 0.717) is 0 Å². The Kier molecular flexibility index (Phi) is 4.71. The molecule has 0 atom stereocenters. The van der Waals surface area contributed by atoms with E-state index in [1.54, 1.807) is 11.3 Å². The Labute approximate surface area is 101 Å². The summed E-state index contributed by atoms with van der Waals surface area (Å²) in [7, 11) is 0. The molecule has 0 spiro atoms. The lowest BCUT2D eigenvalue weighted by Crippen LogP contribution is -2.35. The third kappa shape index (κ3) is 3.52. The number of ether oxygens (including phenoxy) is 1. The zero-order chi connectivity index (χ0) is 11.2. The molecule has 1 N–H and O–H groups in total. The van der Waals surface area contributed by atoms with Gasteiger partial charge in [0.1, 0.15) is 5.01 Å². The Morgan fingerprint density at radius 2 is 2.31 bits per heavy atom. The lowest BCUT2D eigenvalue weighted by Gasteiger charge is -2.25. The third-order valence-corrected chi connectivity index (χ3v) is 3.51. The van der Waals surface area contributed by atoms with Crippen LogP contribution in [0.4, 0.5) is 0 Å². The number of hydrogen-bond donors (Lipinski definition) is 1. The topological polar surface area (TPSA) is 37.4 Å². The molecule has 1 aromatic rings. The monoisotopic (exact) mass is 241 g/mol. The first-order valence-corrected chi connectivity index (χ1v) is 6.70. The Balaban J connectivity index is 1.81. The Morgan fingerprint density at radius 1 is 1.50 bits per heavy atom. The van der Waals surface area contributed by atoms with E-state index in [0.717, 1.165) is 45.9 Å². The standard InChI is InChI=1S/C11H19N3OS/c1-2-12-7-11-13-10(9-16-11)8-14-3-5-15-6-4-14/h9,12H,2-8H2,1H3. The number of hydrogen-bond acceptors (Lipinski definition) is 5. The highest BCUT2D eigenvalue weighted by Gasteiger charge is 2.12. The number of nitrogens with zero attached hydrogens (tertiary/aromatic N) is 2. The van der Waals surface area contributed by atoms with Crippen LogP contribution in [0.15, 0.2) is 5.38 Å². The Bertz CT molecular complexity index is 310. The molecule has 0 amide bonds. The zero-order valence-corrected chi connectivity index (χ0v) is 10.6. The Hall–Kier alpha value is -0.490. The average molecular weight is 241 g/mol. The fraction of sp³-hybridized carbons (Fsp3) is 0.727. The van der Waals surface area contributed by atoms with Crippen molar-refractivity contribution in [2.45, 2.75) is 20.0 Å². The Morgan fingerprint density at radius 3 is 3.06 bits per heavy atom. The summed E-state index contributed by atoms with van der Waals surface area (Å²) in [6.45, 7) is 8.74. The van der Waals surface area contributed by atoms with Crippen molar-refractivity contribution in [1.29, 1.82) is 0 Å². The minimum absolute atomic E-state index is 0.856. The minimum atomic E-state index is 0.856. The largest absolute Gasteiger partial charge is 0.379 e. The SMILES string of the molecule is CCNCc1nc(CN2CCOCC2)cs1. The van der Waals surface area contributed by atoms with Crippen molar-refractivity contribution in [1.82, 2.24) is 15.2 Å². The molecule has 0 bridgehead atoms. The number of rotatable bonds is 5. The van der Waals surface area contributed by atoms with Crippen molar-refractivity contribution in [3.63, 3.8) is 0 Å². The summed E-state index contributed by atoms with van der Waals surface area (Å²) < 4.78 is 5.33. The van der Waals surface area contributed by atoms with Gasteiger partial charge in [-0.15, -0.1) is 11.3 Å². The zero-order valence-electron chi connectivity index (χ0n) is 9.74. The molecule has 90 valence electrons. The van der Waals surface area contributed by atoms with Gasteiger partial charge in [-0.05, 0) is 6.54 Å². The van der Waals surface area contributed by atoms with Crippen LogP contribution in [-0.2, 0) is 17.8 Å². The van der Waals surface area contributed by atoms with E-state index in [1.165, 1.54) is 10.7 Å². The first-order valence-electron chi connectivity index (χ1n) is 5.82. The average Bonchev–Trinajstić information content (AvgIpc) is 2.75. The molecular formula is C11H19N3OS. The van der Waals surface area contributed by atoms with Gasteiger partial charge in [0.15, 0.2) is 0 Å². The summed E-state index contributed by atoms with van der Waals surface area (Å²) in [6.07, 6.45) is 0. The molecule has 0 aromatic carbocycles. The van der Waals surface area contributed by atoms with Crippen LogP contribution >= 0.6 is 11.3 Å². The van der Waals surface area contributed by atoms with Gasteiger partial charge in [0, 0.05) is 31.6 Å². The van der Waals surface area contributed by atoms with E-state index in [9.17, 15) is 0 Å². The van der Waals surface area contributed by atoms with Gasteiger partial charge in [0.2, 0.25) is 0 Å². The maximum absolute atomic E-state index is 5.33. The summed E-state index contributed by atoms with van der Waals surface area (Å²) in [4.78, 5) is 7.01. The molecule has 2 heterocycles. The molecule has 5 heteroatoms. The van der Waals surface area contributed by atoms with Crippen LogP contribution in [0.25, 0.3) is 0 Å². The minimum Gasteiger partial charge on any atom is -0.379 e. The van der Waals surface area contributed by atoms with Gasteiger partial charge in [-0.1, -0.05) is 6.92 Å². The van der Waals surface area contributed by atoms with Crippen molar-refractivity contribution in [3.8, 4) is 0 Å². The van der Waals surface area contributed by atoms with Crippen molar-refractivity contribution in [3.05, 3.63) is 16.1 Å². The molecule has 2 rings (SSSR count). The molecular weight excluding hydrogens is 222 g/mol. The van der Waals surface area contributed by atoms with Crippen LogP contribution in [0.5, 0.6) is 0 Å². The highest BCUT2D eigenvalue weighted by Crippen LogP contribution is 2.12. The summed E-state index contributed by atoms with van der Waals surface area (Å²) >= 11 is 1.75. The molecule has 4 nitrogen and oxygen atoms in total. The second kappa shape index (κ2) is 6.30. The second-order valence-electron chi connectivity index (χ2n) is 3.90. The maximum Gasteiger partial charge on any atom is 0.107 e. The molecule has 0 saturated carbocycles. The van der Waals surface area contributed by atoms with E-state index >= 15 is 0 Å². The summed E-state index contributed by atoms with van der Waals surface area (Å²) in [5.74, 6) is 0. The fourth-order valence-corrected chi connectivity index (χ4v) is 2.48. The predicted molar refractivity (Wildman–Crippen MR) is 65.6 cm³/mol. The number of thiazole rings is 1. The van der Waals surface area contributed by atoms with Crippen molar-refractivity contribution >= 4 is 11.3 Å². The summed E-state index contributed by atoms with van der Waals surface area (Å²) in [6, 6.07) is 0. The maximum atomic E-state index is 5.33. The van der Waals surface area contributed by atoms with Gasteiger partial charge in [-0.3, -0.25) is 4.90 Å². The highest BCUT2D eigenvalue weighted by atomic mass is 32.1. The van der Waals surface area contributed by atoms with E-state index in [4.69, 9.17) is 4.74 Å². The lowest BCUT2D eigenvalue weighted by molar-refractivity contribution is 0.0337. The second-order valence-corrected chi connectivity index (χ2v) is 4.84. The first kappa shape index (κ1) is 12.0. The van der Waals surface area contributed by atoms with Crippen molar-refractivity contribution < 1.29 is 4.74 Å². The van der Waals surface area contributed by atoms with Gasteiger partial charge >= 0.3 is 0 Å².